The molecule has 0 aliphatic heterocycles. The molecule has 96 valence electrons. The molecule has 1 aliphatic carbocycles. The van der Waals surface area contributed by atoms with Gasteiger partial charge in [0.05, 0.1) is 0 Å². The molecule has 0 spiro atoms. The minimum atomic E-state index is 0.548. The molecule has 1 N–H and O–H groups in total. The zero-order chi connectivity index (χ0) is 12.2. The van der Waals surface area contributed by atoms with Crippen molar-refractivity contribution in [2.24, 2.45) is 11.3 Å². The molecule has 1 fully saturated rings. The summed E-state index contributed by atoms with van der Waals surface area (Å²) in [4.78, 5) is 2.35. The highest BCUT2D eigenvalue weighted by Crippen LogP contribution is 2.38. The molecule has 0 radical (unpaired) electrons. The normalized spacial score (nSPS) is 21.9. The SMILES string of the molecule is CC(C)C(C)NCC1(CN(C)C)CCCC1. The van der Waals surface area contributed by atoms with Gasteiger partial charge in [-0.25, -0.2) is 0 Å². The molecular formula is C14H30N2. The summed E-state index contributed by atoms with van der Waals surface area (Å²) in [5.74, 6) is 0.734. The van der Waals surface area contributed by atoms with E-state index in [4.69, 9.17) is 0 Å². The van der Waals surface area contributed by atoms with Crippen LogP contribution in [0.25, 0.3) is 0 Å². The molecule has 1 unspecified atom stereocenters. The Hall–Kier alpha value is -0.0800. The van der Waals surface area contributed by atoms with Crippen LogP contribution < -0.4 is 5.32 Å². The number of nitrogens with zero attached hydrogens (tertiary/aromatic N) is 1. The van der Waals surface area contributed by atoms with E-state index in [1.54, 1.807) is 0 Å². The van der Waals surface area contributed by atoms with Crippen molar-refractivity contribution in [3.63, 3.8) is 0 Å². The molecule has 1 aliphatic rings. The third-order valence-electron chi connectivity index (χ3n) is 4.11. The Balaban J connectivity index is 2.45. The quantitative estimate of drug-likeness (QED) is 0.749. The number of nitrogens with one attached hydrogen (secondary N) is 1. The first-order valence-corrected chi connectivity index (χ1v) is 6.83. The molecule has 0 amide bonds. The van der Waals surface area contributed by atoms with Crippen LogP contribution in [0.3, 0.4) is 0 Å². The fraction of sp³-hybridized carbons (Fsp3) is 1.00. The van der Waals surface area contributed by atoms with Crippen molar-refractivity contribution in [2.75, 3.05) is 27.2 Å². The van der Waals surface area contributed by atoms with Crippen molar-refractivity contribution in [1.82, 2.24) is 10.2 Å². The summed E-state index contributed by atoms with van der Waals surface area (Å²) in [5, 5.41) is 3.74. The molecule has 2 nitrogen and oxygen atoms in total. The third-order valence-corrected chi connectivity index (χ3v) is 4.11. The minimum absolute atomic E-state index is 0.548. The number of rotatable bonds is 6. The Labute approximate surface area is 102 Å². The third kappa shape index (κ3) is 4.06. The Kier molecular flexibility index (Phi) is 5.26. The van der Waals surface area contributed by atoms with Gasteiger partial charge < -0.3 is 10.2 Å². The lowest BCUT2D eigenvalue weighted by molar-refractivity contribution is 0.184. The predicted octanol–water partition coefficient (Wildman–Crippen LogP) is 2.74. The lowest BCUT2D eigenvalue weighted by Crippen LogP contribution is -2.44. The van der Waals surface area contributed by atoms with Crippen LogP contribution in [0, 0.1) is 11.3 Å². The van der Waals surface area contributed by atoms with Gasteiger partial charge in [0, 0.05) is 19.1 Å². The first-order chi connectivity index (χ1) is 7.45. The van der Waals surface area contributed by atoms with Gasteiger partial charge in [-0.1, -0.05) is 26.7 Å². The molecule has 2 heteroatoms. The molecule has 1 saturated carbocycles. The van der Waals surface area contributed by atoms with Crippen molar-refractivity contribution in [1.29, 1.82) is 0 Å². The van der Waals surface area contributed by atoms with Crippen LogP contribution in [0.15, 0.2) is 0 Å². The van der Waals surface area contributed by atoms with E-state index in [9.17, 15) is 0 Å². The summed E-state index contributed by atoms with van der Waals surface area (Å²) in [6.07, 6.45) is 5.66. The van der Waals surface area contributed by atoms with Gasteiger partial charge in [0.2, 0.25) is 0 Å². The Morgan fingerprint density at radius 1 is 1.12 bits per heavy atom. The maximum atomic E-state index is 3.74. The summed E-state index contributed by atoms with van der Waals surface area (Å²) in [7, 11) is 4.40. The lowest BCUT2D eigenvalue weighted by Gasteiger charge is -2.34. The molecule has 1 atom stereocenters. The monoisotopic (exact) mass is 226 g/mol. The summed E-state index contributed by atoms with van der Waals surface area (Å²) in [6, 6.07) is 0.639. The van der Waals surface area contributed by atoms with Crippen LogP contribution in [-0.4, -0.2) is 38.1 Å². The van der Waals surface area contributed by atoms with Crippen LogP contribution in [0.4, 0.5) is 0 Å². The summed E-state index contributed by atoms with van der Waals surface area (Å²) in [6.45, 7) is 9.34. The van der Waals surface area contributed by atoms with Crippen molar-refractivity contribution >= 4 is 0 Å². The van der Waals surface area contributed by atoms with E-state index in [1.165, 1.54) is 38.8 Å². The van der Waals surface area contributed by atoms with Gasteiger partial charge in [0.1, 0.15) is 0 Å². The maximum Gasteiger partial charge on any atom is 0.00619 e. The highest BCUT2D eigenvalue weighted by molar-refractivity contribution is 4.89. The first kappa shape index (κ1) is 14.0. The largest absolute Gasteiger partial charge is 0.313 e. The molecule has 0 heterocycles. The predicted molar refractivity (Wildman–Crippen MR) is 71.8 cm³/mol. The van der Waals surface area contributed by atoms with E-state index >= 15 is 0 Å². The second-order valence-electron chi connectivity index (χ2n) is 6.36. The molecule has 1 rings (SSSR count). The molecular weight excluding hydrogens is 196 g/mol. The van der Waals surface area contributed by atoms with E-state index in [2.05, 4.69) is 45.1 Å². The molecule has 0 saturated heterocycles. The van der Waals surface area contributed by atoms with Crippen molar-refractivity contribution in [3.8, 4) is 0 Å². The van der Waals surface area contributed by atoms with Gasteiger partial charge >= 0.3 is 0 Å². The number of hydrogen-bond acceptors (Lipinski definition) is 2. The van der Waals surface area contributed by atoms with Gasteiger partial charge in [0.25, 0.3) is 0 Å². The van der Waals surface area contributed by atoms with Gasteiger partial charge in [-0.2, -0.15) is 0 Å². The smallest absolute Gasteiger partial charge is 0.00619 e. The van der Waals surface area contributed by atoms with Crippen LogP contribution in [0.1, 0.15) is 46.5 Å². The summed E-state index contributed by atoms with van der Waals surface area (Å²) in [5.41, 5.74) is 0.548. The Morgan fingerprint density at radius 2 is 1.69 bits per heavy atom. The highest BCUT2D eigenvalue weighted by Gasteiger charge is 2.34. The van der Waals surface area contributed by atoms with Gasteiger partial charge in [0.15, 0.2) is 0 Å². The maximum absolute atomic E-state index is 3.74. The fourth-order valence-corrected chi connectivity index (χ4v) is 2.80. The molecule has 0 aromatic carbocycles. The van der Waals surface area contributed by atoms with E-state index in [0.717, 1.165) is 5.92 Å². The van der Waals surface area contributed by atoms with Crippen molar-refractivity contribution in [3.05, 3.63) is 0 Å². The average molecular weight is 226 g/mol. The van der Waals surface area contributed by atoms with E-state index in [0.29, 0.717) is 11.5 Å². The number of hydrogen-bond donors (Lipinski definition) is 1. The second-order valence-corrected chi connectivity index (χ2v) is 6.36. The van der Waals surface area contributed by atoms with E-state index < -0.39 is 0 Å². The Bertz CT molecular complexity index is 193. The topological polar surface area (TPSA) is 15.3 Å². The highest BCUT2D eigenvalue weighted by atomic mass is 15.1. The fourth-order valence-electron chi connectivity index (χ4n) is 2.80. The first-order valence-electron chi connectivity index (χ1n) is 6.83. The molecule has 0 bridgehead atoms. The minimum Gasteiger partial charge on any atom is -0.313 e. The summed E-state index contributed by atoms with van der Waals surface area (Å²) < 4.78 is 0. The van der Waals surface area contributed by atoms with Gasteiger partial charge in [-0.15, -0.1) is 0 Å². The Morgan fingerprint density at radius 3 is 2.12 bits per heavy atom. The van der Waals surface area contributed by atoms with E-state index in [1.807, 2.05) is 0 Å². The molecule has 0 aromatic rings. The van der Waals surface area contributed by atoms with Crippen LogP contribution >= 0.6 is 0 Å². The van der Waals surface area contributed by atoms with Crippen molar-refractivity contribution in [2.45, 2.75) is 52.5 Å². The van der Waals surface area contributed by atoms with Gasteiger partial charge in [-0.3, -0.25) is 0 Å². The standard InChI is InChI=1S/C14H30N2/c1-12(2)13(3)15-10-14(11-16(4)5)8-6-7-9-14/h12-13,15H,6-11H2,1-5H3. The van der Waals surface area contributed by atoms with Crippen LogP contribution in [-0.2, 0) is 0 Å². The van der Waals surface area contributed by atoms with Crippen LogP contribution in [0.5, 0.6) is 0 Å². The molecule has 0 aromatic heterocycles. The van der Waals surface area contributed by atoms with Gasteiger partial charge in [-0.05, 0) is 45.2 Å². The summed E-state index contributed by atoms with van der Waals surface area (Å²) >= 11 is 0. The van der Waals surface area contributed by atoms with Crippen molar-refractivity contribution < 1.29 is 0 Å². The van der Waals surface area contributed by atoms with Crippen LogP contribution in [0.2, 0.25) is 0 Å². The average Bonchev–Trinajstić information content (AvgIpc) is 2.62. The molecule has 16 heavy (non-hydrogen) atoms. The van der Waals surface area contributed by atoms with E-state index in [-0.39, 0.29) is 0 Å². The zero-order valence-electron chi connectivity index (χ0n) is 11.8. The lowest BCUT2D eigenvalue weighted by atomic mass is 9.85. The zero-order valence-corrected chi connectivity index (χ0v) is 11.8. The second kappa shape index (κ2) is 6.02.